The number of nitrogens with zero attached hydrogens (tertiary/aromatic N) is 1. The van der Waals surface area contributed by atoms with Gasteiger partial charge in [0.05, 0.1) is 5.41 Å². The molecular weight excluding hydrogens is 206 g/mol. The Balaban J connectivity index is 2.74. The number of rotatable bonds is 4. The van der Waals surface area contributed by atoms with Crippen LogP contribution < -0.4 is 0 Å². The van der Waals surface area contributed by atoms with Crippen molar-refractivity contribution >= 4 is 11.9 Å². The van der Waals surface area contributed by atoms with Crippen LogP contribution in [-0.4, -0.2) is 35.0 Å². The highest BCUT2D eigenvalue weighted by atomic mass is 16.4. The number of carboxylic acid groups (broad SMARTS) is 1. The van der Waals surface area contributed by atoms with Gasteiger partial charge in [-0.2, -0.15) is 0 Å². The van der Waals surface area contributed by atoms with Crippen molar-refractivity contribution in [3.8, 4) is 0 Å². The summed E-state index contributed by atoms with van der Waals surface area (Å²) in [5.41, 5.74) is -0.716. The number of carbonyl (C=O) groups excluding carboxylic acids is 1. The zero-order valence-corrected chi connectivity index (χ0v) is 9.90. The molecule has 1 unspecified atom stereocenters. The molecule has 1 aliphatic heterocycles. The molecule has 0 aromatic rings. The number of hydrogen-bond donors (Lipinski definition) is 1. The monoisotopic (exact) mass is 225 g/mol. The fourth-order valence-electron chi connectivity index (χ4n) is 2.27. The molecule has 0 aliphatic carbocycles. The third-order valence-electron chi connectivity index (χ3n) is 3.16. The Morgan fingerprint density at radius 1 is 1.50 bits per heavy atom. The first-order valence-corrected chi connectivity index (χ1v) is 5.71. The van der Waals surface area contributed by atoms with Crippen molar-refractivity contribution in [2.75, 3.05) is 13.1 Å². The normalized spacial score (nSPS) is 25.2. The van der Waals surface area contributed by atoms with Crippen LogP contribution in [0.1, 0.15) is 33.1 Å². The minimum Gasteiger partial charge on any atom is -0.481 e. The molecule has 0 aromatic carbocycles. The molecule has 1 heterocycles. The molecule has 0 aromatic heterocycles. The summed E-state index contributed by atoms with van der Waals surface area (Å²) in [6, 6.07) is 0. The highest BCUT2D eigenvalue weighted by molar-refractivity contribution is 5.88. The van der Waals surface area contributed by atoms with Crippen molar-refractivity contribution in [3.05, 3.63) is 12.2 Å². The number of amides is 1. The lowest BCUT2D eigenvalue weighted by Crippen LogP contribution is -2.36. The second-order valence-corrected chi connectivity index (χ2v) is 4.35. The molecule has 1 rings (SSSR count). The van der Waals surface area contributed by atoms with E-state index in [2.05, 4.69) is 0 Å². The first-order valence-electron chi connectivity index (χ1n) is 5.71. The van der Waals surface area contributed by atoms with Crippen LogP contribution in [-0.2, 0) is 9.59 Å². The maximum atomic E-state index is 11.6. The van der Waals surface area contributed by atoms with Crippen LogP contribution in [0.15, 0.2) is 12.2 Å². The van der Waals surface area contributed by atoms with Gasteiger partial charge in [0.25, 0.3) is 0 Å². The topological polar surface area (TPSA) is 57.6 Å². The smallest absolute Gasteiger partial charge is 0.311 e. The number of allylic oxidation sites excluding steroid dienone is 1. The molecule has 4 heteroatoms. The van der Waals surface area contributed by atoms with Gasteiger partial charge in [-0.25, -0.2) is 0 Å². The van der Waals surface area contributed by atoms with Gasteiger partial charge >= 0.3 is 5.97 Å². The molecule has 4 nitrogen and oxygen atoms in total. The number of carboxylic acids is 1. The molecule has 0 radical (unpaired) electrons. The van der Waals surface area contributed by atoms with E-state index in [0.717, 1.165) is 6.42 Å². The van der Waals surface area contributed by atoms with Crippen LogP contribution in [0.25, 0.3) is 0 Å². The van der Waals surface area contributed by atoms with Crippen molar-refractivity contribution in [3.63, 3.8) is 0 Å². The molecule has 1 N–H and O–H groups in total. The largest absolute Gasteiger partial charge is 0.481 e. The third kappa shape index (κ3) is 2.43. The van der Waals surface area contributed by atoms with E-state index in [9.17, 15) is 14.7 Å². The molecule has 16 heavy (non-hydrogen) atoms. The zero-order valence-electron chi connectivity index (χ0n) is 9.90. The van der Waals surface area contributed by atoms with Gasteiger partial charge in [0, 0.05) is 13.1 Å². The van der Waals surface area contributed by atoms with Crippen LogP contribution in [0.3, 0.4) is 0 Å². The lowest BCUT2D eigenvalue weighted by molar-refractivity contribution is -0.148. The van der Waals surface area contributed by atoms with E-state index >= 15 is 0 Å². The van der Waals surface area contributed by atoms with Crippen LogP contribution in [0.4, 0.5) is 0 Å². The molecule has 1 fully saturated rings. The third-order valence-corrected chi connectivity index (χ3v) is 3.16. The molecule has 0 spiro atoms. The summed E-state index contributed by atoms with van der Waals surface area (Å²) in [5.74, 6) is -0.855. The van der Waals surface area contributed by atoms with Gasteiger partial charge in [-0.1, -0.05) is 19.4 Å². The van der Waals surface area contributed by atoms with E-state index in [1.54, 1.807) is 17.9 Å². The molecule has 0 bridgehead atoms. The molecule has 1 atom stereocenters. The van der Waals surface area contributed by atoms with Gasteiger partial charge in [-0.3, -0.25) is 9.59 Å². The standard InChI is InChI=1S/C12H19NO3/c1-3-5-10(14)13-8-7-12(9-13,6-4-2)11(15)16/h3,5H,4,6-9H2,1-2H3,(H,15,16). The van der Waals surface area contributed by atoms with Gasteiger partial charge in [-0.15, -0.1) is 0 Å². The van der Waals surface area contributed by atoms with Crippen molar-refractivity contribution in [2.24, 2.45) is 5.41 Å². The van der Waals surface area contributed by atoms with E-state index in [0.29, 0.717) is 25.9 Å². The van der Waals surface area contributed by atoms with Crippen molar-refractivity contribution in [1.82, 2.24) is 4.90 Å². The van der Waals surface area contributed by atoms with E-state index in [1.165, 1.54) is 6.08 Å². The second-order valence-electron chi connectivity index (χ2n) is 4.35. The Labute approximate surface area is 95.9 Å². The molecule has 0 saturated carbocycles. The number of aliphatic carboxylic acids is 1. The Bertz CT molecular complexity index is 311. The second kappa shape index (κ2) is 5.14. The summed E-state index contributed by atoms with van der Waals surface area (Å²) < 4.78 is 0. The van der Waals surface area contributed by atoms with Crippen LogP contribution in [0, 0.1) is 5.41 Å². The fraction of sp³-hybridized carbons (Fsp3) is 0.667. The molecule has 1 amide bonds. The predicted octanol–water partition coefficient (Wildman–Crippen LogP) is 1.67. The highest BCUT2D eigenvalue weighted by Crippen LogP contribution is 2.35. The summed E-state index contributed by atoms with van der Waals surface area (Å²) in [6.45, 7) is 4.65. The summed E-state index contributed by atoms with van der Waals surface area (Å²) in [7, 11) is 0. The van der Waals surface area contributed by atoms with E-state index < -0.39 is 11.4 Å². The molecular formula is C12H19NO3. The van der Waals surface area contributed by atoms with Crippen LogP contribution >= 0.6 is 0 Å². The van der Waals surface area contributed by atoms with Gasteiger partial charge in [0.1, 0.15) is 0 Å². The Morgan fingerprint density at radius 2 is 2.19 bits per heavy atom. The fourth-order valence-corrected chi connectivity index (χ4v) is 2.27. The number of carbonyl (C=O) groups is 2. The maximum absolute atomic E-state index is 11.6. The van der Waals surface area contributed by atoms with Crippen molar-refractivity contribution in [2.45, 2.75) is 33.1 Å². The van der Waals surface area contributed by atoms with E-state index in [-0.39, 0.29) is 5.91 Å². The minimum atomic E-state index is -0.773. The average molecular weight is 225 g/mol. The molecule has 90 valence electrons. The van der Waals surface area contributed by atoms with Crippen LogP contribution in [0.2, 0.25) is 0 Å². The number of hydrogen-bond acceptors (Lipinski definition) is 2. The summed E-state index contributed by atoms with van der Waals surface area (Å²) in [5, 5.41) is 9.27. The Kier molecular flexibility index (Phi) is 4.10. The van der Waals surface area contributed by atoms with Gasteiger partial charge in [0.2, 0.25) is 5.91 Å². The van der Waals surface area contributed by atoms with Crippen LogP contribution in [0.5, 0.6) is 0 Å². The number of likely N-dealkylation sites (tertiary alicyclic amines) is 1. The average Bonchev–Trinajstić information content (AvgIpc) is 2.64. The van der Waals surface area contributed by atoms with E-state index in [4.69, 9.17) is 0 Å². The SMILES string of the molecule is CC=CC(=O)N1CCC(CCC)(C(=O)O)C1. The van der Waals surface area contributed by atoms with Crippen molar-refractivity contribution < 1.29 is 14.7 Å². The Morgan fingerprint density at radius 3 is 2.69 bits per heavy atom. The predicted molar refractivity (Wildman–Crippen MR) is 61.0 cm³/mol. The lowest BCUT2D eigenvalue weighted by Gasteiger charge is -2.23. The quantitative estimate of drug-likeness (QED) is 0.740. The first-order chi connectivity index (χ1) is 7.55. The summed E-state index contributed by atoms with van der Waals surface area (Å²) >= 11 is 0. The summed E-state index contributed by atoms with van der Waals surface area (Å²) in [6.07, 6.45) is 5.21. The van der Waals surface area contributed by atoms with Crippen molar-refractivity contribution in [1.29, 1.82) is 0 Å². The van der Waals surface area contributed by atoms with Gasteiger partial charge in [-0.05, 0) is 25.8 Å². The van der Waals surface area contributed by atoms with E-state index in [1.807, 2.05) is 6.92 Å². The van der Waals surface area contributed by atoms with Gasteiger partial charge in [0.15, 0.2) is 0 Å². The lowest BCUT2D eigenvalue weighted by atomic mass is 9.83. The zero-order chi connectivity index (χ0) is 12.2. The minimum absolute atomic E-state index is 0.0817. The molecule has 1 aliphatic rings. The highest BCUT2D eigenvalue weighted by Gasteiger charge is 2.44. The molecule has 1 saturated heterocycles. The van der Waals surface area contributed by atoms with Gasteiger partial charge < -0.3 is 10.0 Å². The Hall–Kier alpha value is -1.32. The summed E-state index contributed by atoms with van der Waals surface area (Å²) in [4.78, 5) is 24.5. The first kappa shape index (κ1) is 12.7. The maximum Gasteiger partial charge on any atom is 0.311 e.